The summed E-state index contributed by atoms with van der Waals surface area (Å²) >= 11 is 0. The Morgan fingerprint density at radius 1 is 1.30 bits per heavy atom. The zero-order valence-corrected chi connectivity index (χ0v) is 17.8. The molecule has 1 fully saturated rings. The van der Waals surface area contributed by atoms with E-state index in [1.807, 2.05) is 25.1 Å². The van der Waals surface area contributed by atoms with E-state index in [0.29, 0.717) is 36.8 Å². The molecule has 1 amide bonds. The number of ether oxygens (including phenoxy) is 1. The molecular formula is C22H27N5O3. The second-order valence-electron chi connectivity index (χ2n) is 8.65. The molecule has 1 N–H and O–H groups in total. The van der Waals surface area contributed by atoms with E-state index in [0.717, 1.165) is 5.82 Å². The Balaban J connectivity index is 1.75. The Hall–Kier alpha value is -3.34. The van der Waals surface area contributed by atoms with Gasteiger partial charge in [0.05, 0.1) is 16.8 Å². The van der Waals surface area contributed by atoms with Crippen molar-refractivity contribution in [2.75, 3.05) is 24.5 Å². The van der Waals surface area contributed by atoms with Gasteiger partial charge < -0.3 is 14.7 Å². The van der Waals surface area contributed by atoms with Crippen molar-refractivity contribution in [3.8, 4) is 11.9 Å². The van der Waals surface area contributed by atoms with Gasteiger partial charge in [-0.3, -0.25) is 9.88 Å². The fourth-order valence-corrected chi connectivity index (χ4v) is 3.53. The quantitative estimate of drug-likeness (QED) is 0.824. The minimum absolute atomic E-state index is 0.245. The Morgan fingerprint density at radius 2 is 2.07 bits per heavy atom. The number of carboxylic acid groups (broad SMARTS) is 1. The highest BCUT2D eigenvalue weighted by molar-refractivity contribution is 5.67. The van der Waals surface area contributed by atoms with Crippen LogP contribution in [0.1, 0.15) is 39.0 Å². The van der Waals surface area contributed by atoms with Gasteiger partial charge in [-0.1, -0.05) is 26.8 Å². The lowest BCUT2D eigenvalue weighted by Crippen LogP contribution is -2.67. The summed E-state index contributed by atoms with van der Waals surface area (Å²) < 4.78 is 5.79. The van der Waals surface area contributed by atoms with Crippen LogP contribution in [-0.4, -0.2) is 51.2 Å². The first-order chi connectivity index (χ1) is 14.1. The van der Waals surface area contributed by atoms with Crippen LogP contribution in [0.3, 0.4) is 0 Å². The van der Waals surface area contributed by atoms with E-state index in [-0.39, 0.29) is 12.0 Å². The van der Waals surface area contributed by atoms with Gasteiger partial charge in [0, 0.05) is 31.9 Å². The Kier molecular flexibility index (Phi) is 5.83. The molecule has 2 aromatic heterocycles. The summed E-state index contributed by atoms with van der Waals surface area (Å²) in [5.74, 6) is 1.22. The largest absolute Gasteiger partial charge is 0.471 e. The highest BCUT2D eigenvalue weighted by Crippen LogP contribution is 2.39. The predicted octanol–water partition coefficient (Wildman–Crippen LogP) is 3.53. The molecule has 1 atom stereocenters. The number of aromatic nitrogens is 2. The second kappa shape index (κ2) is 8.19. The van der Waals surface area contributed by atoms with E-state index in [9.17, 15) is 9.90 Å². The van der Waals surface area contributed by atoms with Gasteiger partial charge in [-0.2, -0.15) is 10.2 Å². The predicted molar refractivity (Wildman–Crippen MR) is 112 cm³/mol. The smallest absolute Gasteiger partial charge is 0.407 e. The molecule has 3 heterocycles. The SMILES string of the molecule is CC(C)(C)C1(C)CN(c2cccc(OCc3ccc(C#N)cn3)n2)CCN1C(=O)O. The summed E-state index contributed by atoms with van der Waals surface area (Å²) in [6, 6.07) is 11.1. The molecule has 1 saturated heterocycles. The molecule has 0 radical (unpaired) electrons. The van der Waals surface area contributed by atoms with Crippen molar-refractivity contribution in [2.24, 2.45) is 5.41 Å². The summed E-state index contributed by atoms with van der Waals surface area (Å²) in [6.07, 6.45) is 0.615. The first-order valence-corrected chi connectivity index (χ1v) is 9.84. The van der Waals surface area contributed by atoms with Crippen molar-refractivity contribution in [1.82, 2.24) is 14.9 Å². The van der Waals surface area contributed by atoms with Crippen molar-refractivity contribution >= 4 is 11.9 Å². The van der Waals surface area contributed by atoms with Gasteiger partial charge in [0.2, 0.25) is 5.88 Å². The number of piperazine rings is 1. The van der Waals surface area contributed by atoms with Crippen molar-refractivity contribution in [3.63, 3.8) is 0 Å². The lowest BCUT2D eigenvalue weighted by molar-refractivity contribution is 0.00725. The first kappa shape index (κ1) is 21.4. The maximum Gasteiger partial charge on any atom is 0.407 e. The van der Waals surface area contributed by atoms with Crippen LogP contribution in [0.15, 0.2) is 36.5 Å². The molecule has 8 nitrogen and oxygen atoms in total. The van der Waals surface area contributed by atoms with E-state index in [2.05, 4.69) is 35.6 Å². The molecular weight excluding hydrogens is 382 g/mol. The third-order valence-electron chi connectivity index (χ3n) is 5.89. The van der Waals surface area contributed by atoms with E-state index in [1.165, 1.54) is 6.20 Å². The van der Waals surface area contributed by atoms with Crippen LogP contribution in [0.4, 0.5) is 10.6 Å². The van der Waals surface area contributed by atoms with E-state index < -0.39 is 11.6 Å². The highest BCUT2D eigenvalue weighted by atomic mass is 16.5. The first-order valence-electron chi connectivity index (χ1n) is 9.84. The molecule has 1 unspecified atom stereocenters. The number of hydrogen-bond acceptors (Lipinski definition) is 6. The van der Waals surface area contributed by atoms with Crippen LogP contribution in [0.2, 0.25) is 0 Å². The average molecular weight is 409 g/mol. The zero-order valence-electron chi connectivity index (χ0n) is 17.8. The standard InChI is InChI=1S/C22H27N5O3/c1-21(2,3)22(4)15-26(10-11-27(22)20(28)29)18-6-5-7-19(25-18)30-14-17-9-8-16(12-23)13-24-17/h5-9,13H,10-11,14-15H2,1-4H3,(H,28,29). The minimum atomic E-state index is -0.896. The van der Waals surface area contributed by atoms with Crippen LogP contribution in [0, 0.1) is 16.7 Å². The lowest BCUT2D eigenvalue weighted by atomic mass is 9.72. The zero-order chi connectivity index (χ0) is 21.9. The lowest BCUT2D eigenvalue weighted by Gasteiger charge is -2.54. The van der Waals surface area contributed by atoms with Crippen LogP contribution in [0.25, 0.3) is 0 Å². The molecule has 0 bridgehead atoms. The number of carbonyl (C=O) groups is 1. The summed E-state index contributed by atoms with van der Waals surface area (Å²) in [4.78, 5) is 24.3. The Bertz CT molecular complexity index is 948. The van der Waals surface area contributed by atoms with Gasteiger partial charge in [0.1, 0.15) is 18.5 Å². The summed E-state index contributed by atoms with van der Waals surface area (Å²) in [7, 11) is 0. The number of hydrogen-bond donors (Lipinski definition) is 1. The number of amides is 1. The summed E-state index contributed by atoms with van der Waals surface area (Å²) in [5.41, 5.74) is 0.388. The molecule has 0 aliphatic carbocycles. The molecule has 0 spiro atoms. The minimum Gasteiger partial charge on any atom is -0.471 e. The third-order valence-corrected chi connectivity index (χ3v) is 5.89. The topological polar surface area (TPSA) is 103 Å². The number of rotatable bonds is 4. The van der Waals surface area contributed by atoms with Crippen LogP contribution in [-0.2, 0) is 6.61 Å². The third kappa shape index (κ3) is 4.30. The van der Waals surface area contributed by atoms with Gasteiger partial charge in [-0.05, 0) is 30.5 Å². The fraction of sp³-hybridized carbons (Fsp3) is 0.455. The molecule has 30 heavy (non-hydrogen) atoms. The summed E-state index contributed by atoms with van der Waals surface area (Å²) in [5, 5.41) is 18.6. The number of nitriles is 1. The highest BCUT2D eigenvalue weighted by Gasteiger charge is 2.48. The molecule has 0 saturated carbocycles. The maximum absolute atomic E-state index is 11.8. The van der Waals surface area contributed by atoms with Crippen molar-refractivity contribution < 1.29 is 14.6 Å². The number of anilines is 1. The van der Waals surface area contributed by atoms with Gasteiger partial charge in [0.15, 0.2) is 0 Å². The number of pyridine rings is 2. The molecule has 1 aliphatic rings. The van der Waals surface area contributed by atoms with Crippen molar-refractivity contribution in [3.05, 3.63) is 47.8 Å². The molecule has 3 rings (SSSR count). The maximum atomic E-state index is 11.8. The molecule has 1 aliphatic heterocycles. The van der Waals surface area contributed by atoms with Crippen LogP contribution >= 0.6 is 0 Å². The molecule has 0 aromatic carbocycles. The van der Waals surface area contributed by atoms with Gasteiger partial charge in [-0.25, -0.2) is 4.79 Å². The monoisotopic (exact) mass is 409 g/mol. The fourth-order valence-electron chi connectivity index (χ4n) is 3.53. The normalized spacial score (nSPS) is 19.3. The van der Waals surface area contributed by atoms with E-state index in [1.54, 1.807) is 23.1 Å². The molecule has 2 aromatic rings. The van der Waals surface area contributed by atoms with Crippen molar-refractivity contribution in [1.29, 1.82) is 5.26 Å². The average Bonchev–Trinajstić information content (AvgIpc) is 2.71. The molecule has 158 valence electrons. The van der Waals surface area contributed by atoms with E-state index >= 15 is 0 Å². The van der Waals surface area contributed by atoms with Crippen molar-refractivity contribution in [2.45, 2.75) is 39.8 Å². The van der Waals surface area contributed by atoms with Crippen LogP contribution < -0.4 is 9.64 Å². The van der Waals surface area contributed by atoms with Gasteiger partial charge in [-0.15, -0.1) is 0 Å². The second-order valence-corrected chi connectivity index (χ2v) is 8.65. The molecule has 8 heteroatoms. The van der Waals surface area contributed by atoms with Gasteiger partial charge in [0.25, 0.3) is 0 Å². The van der Waals surface area contributed by atoms with E-state index in [4.69, 9.17) is 10.00 Å². The Labute approximate surface area is 176 Å². The number of nitrogens with zero attached hydrogens (tertiary/aromatic N) is 5. The Morgan fingerprint density at radius 3 is 2.67 bits per heavy atom. The van der Waals surface area contributed by atoms with Gasteiger partial charge >= 0.3 is 6.09 Å². The van der Waals surface area contributed by atoms with Crippen LogP contribution in [0.5, 0.6) is 5.88 Å². The summed E-state index contributed by atoms with van der Waals surface area (Å²) in [6.45, 7) is 9.92.